The molecule has 0 bridgehead atoms. The third-order valence-corrected chi connectivity index (χ3v) is 27.4. The van der Waals surface area contributed by atoms with Crippen molar-refractivity contribution >= 4 is 67.0 Å². The maximum absolute atomic E-state index is 6.68. The maximum Gasteiger partial charge on any atom is -0.147 e. The molecule has 4 aromatic carbocycles. The van der Waals surface area contributed by atoms with Gasteiger partial charge in [0.15, 0.2) is 0 Å². The molecule has 2 aliphatic rings. The summed E-state index contributed by atoms with van der Waals surface area (Å²) < 4.78 is 6.29. The van der Waals surface area contributed by atoms with Gasteiger partial charge in [0.1, 0.15) is 0 Å². The molecule has 0 amide bonds. The summed E-state index contributed by atoms with van der Waals surface area (Å²) in [4.78, 5) is 0. The van der Waals surface area contributed by atoms with E-state index in [2.05, 4.69) is 103 Å². The van der Waals surface area contributed by atoms with Crippen LogP contribution in [0.15, 0.2) is 96.1 Å². The van der Waals surface area contributed by atoms with Gasteiger partial charge in [0.2, 0.25) is 0 Å². The number of benzene rings is 4. The Morgan fingerprint density at radius 2 is 0.900 bits per heavy atom. The standard InChI is InChI=1S/2C16H12Cl.2CH3.2ClH.H2Si.Zr/c2*1-11-9-12-5-4-7-13(15(12)10-11)14-6-2-3-8-16(14)17;;;;;;/h2*2-10H,1H3;2*1H3;2*1H;1H2;. The molecule has 2 aliphatic carbocycles. The Bertz CT molecular complexity index is 1640. The normalized spacial score (nSPS) is 17.7. The first-order valence-electron chi connectivity index (χ1n) is 13.3. The van der Waals surface area contributed by atoms with Crippen LogP contribution in [0.1, 0.15) is 43.4 Å². The third kappa shape index (κ3) is 4.98. The van der Waals surface area contributed by atoms with Crippen molar-refractivity contribution in [1.29, 1.82) is 0 Å². The molecule has 40 heavy (non-hydrogen) atoms. The summed E-state index contributed by atoms with van der Waals surface area (Å²) in [6.07, 6.45) is 4.89. The zero-order chi connectivity index (χ0) is 26.8. The molecule has 0 radical (unpaired) electrons. The van der Waals surface area contributed by atoms with E-state index >= 15 is 0 Å². The Hall–Kier alpha value is -1.38. The molecule has 2 unspecified atom stereocenters. The Labute approximate surface area is 263 Å². The van der Waals surface area contributed by atoms with Crippen LogP contribution < -0.4 is 0 Å². The predicted molar refractivity (Wildman–Crippen MR) is 181 cm³/mol. The van der Waals surface area contributed by atoms with Gasteiger partial charge in [-0.3, -0.25) is 0 Å². The van der Waals surface area contributed by atoms with Crippen molar-refractivity contribution < 1.29 is 17.4 Å². The van der Waals surface area contributed by atoms with E-state index in [4.69, 9.17) is 23.2 Å². The molecule has 0 N–H and O–H groups in total. The number of hydrogen-bond acceptors (Lipinski definition) is 0. The van der Waals surface area contributed by atoms with Crippen LogP contribution in [0.4, 0.5) is 0 Å². The van der Waals surface area contributed by atoms with Crippen molar-refractivity contribution in [2.45, 2.75) is 30.4 Å². The molecule has 6 heteroatoms. The Morgan fingerprint density at radius 1 is 0.550 bits per heavy atom. The van der Waals surface area contributed by atoms with E-state index in [1.807, 2.05) is 24.3 Å². The minimum Gasteiger partial charge on any atom is -0.147 e. The second-order valence-corrected chi connectivity index (χ2v) is 43.4. The van der Waals surface area contributed by atoms with Gasteiger partial charge >= 0.3 is 241 Å². The topological polar surface area (TPSA) is 0 Å². The molecular weight excluding hydrogens is 669 g/mol. The summed E-state index contributed by atoms with van der Waals surface area (Å²) in [5.41, 5.74) is 13.4. The zero-order valence-electron chi connectivity index (χ0n) is 23.2. The van der Waals surface area contributed by atoms with Crippen molar-refractivity contribution in [3.63, 3.8) is 0 Å². The van der Waals surface area contributed by atoms with Crippen LogP contribution in [0, 0.1) is 0 Å². The molecule has 6 rings (SSSR count). The van der Waals surface area contributed by atoms with E-state index in [1.165, 1.54) is 44.5 Å². The van der Waals surface area contributed by atoms with E-state index < -0.39 is 17.4 Å². The molecule has 0 spiro atoms. The van der Waals surface area contributed by atoms with E-state index in [0.717, 1.165) is 21.2 Å². The van der Waals surface area contributed by atoms with Gasteiger partial charge in [0.25, 0.3) is 0 Å². The number of fused-ring (bicyclic) bond motifs is 2. The van der Waals surface area contributed by atoms with Crippen LogP contribution in [0.3, 0.4) is 0 Å². The van der Waals surface area contributed by atoms with E-state index in [9.17, 15) is 0 Å². The van der Waals surface area contributed by atoms with E-state index in [0.29, 0.717) is 7.25 Å². The van der Waals surface area contributed by atoms with Gasteiger partial charge in [-0.05, 0) is 0 Å². The number of rotatable bonds is 4. The Kier molecular flexibility index (Phi) is 8.97. The Morgan fingerprint density at radius 3 is 1.27 bits per heavy atom. The summed E-state index contributed by atoms with van der Waals surface area (Å²) >= 11 is 9.78. The van der Waals surface area contributed by atoms with Gasteiger partial charge in [-0.25, -0.2) is 0 Å². The smallest absolute Gasteiger partial charge is 0.147 e. The molecule has 0 saturated heterocycles. The molecule has 0 aromatic heterocycles. The van der Waals surface area contributed by atoms with Crippen LogP contribution in [0.5, 0.6) is 0 Å². The largest absolute Gasteiger partial charge is 0.147 e. The minimum absolute atomic E-state index is 0. The number of hydrogen-bond donors (Lipinski definition) is 0. The molecule has 0 aliphatic heterocycles. The first-order valence-corrected chi connectivity index (χ1v) is 27.7. The number of halogens is 4. The van der Waals surface area contributed by atoms with Crippen LogP contribution in [0.25, 0.3) is 34.4 Å². The van der Waals surface area contributed by atoms with Crippen LogP contribution in [-0.2, 0) is 17.4 Å². The first-order chi connectivity index (χ1) is 18.1. The second-order valence-electron chi connectivity index (χ2n) is 12.2. The average Bonchev–Trinajstić information content (AvgIpc) is 3.41. The van der Waals surface area contributed by atoms with Gasteiger partial charge < -0.3 is 0 Å². The molecule has 0 heterocycles. The van der Waals surface area contributed by atoms with Crippen molar-refractivity contribution in [1.82, 2.24) is 0 Å². The molecule has 4 aromatic rings. The first kappa shape index (κ1) is 31.6. The molecule has 2 atom stereocenters. The van der Waals surface area contributed by atoms with Crippen LogP contribution >= 0.6 is 48.0 Å². The summed E-state index contributed by atoms with van der Waals surface area (Å²) in [6, 6.07) is 30.1. The summed E-state index contributed by atoms with van der Waals surface area (Å²) in [6.45, 7) is 7.08. The minimum atomic E-state index is -3.59. The van der Waals surface area contributed by atoms with Crippen LogP contribution in [-0.4, -0.2) is 6.88 Å². The summed E-state index contributed by atoms with van der Waals surface area (Å²) in [5.74, 6) is 0. The molecule has 0 fully saturated rings. The van der Waals surface area contributed by atoms with Crippen molar-refractivity contribution in [3.8, 4) is 22.3 Å². The van der Waals surface area contributed by atoms with Crippen molar-refractivity contribution in [2.75, 3.05) is 0 Å². The fraction of sp³-hybridized carbons (Fsp3) is 0.176. The zero-order valence-corrected chi connectivity index (χ0v) is 30.2. The van der Waals surface area contributed by atoms with Gasteiger partial charge in [-0.1, -0.05) is 0 Å². The van der Waals surface area contributed by atoms with E-state index in [1.54, 1.807) is 0 Å². The second kappa shape index (κ2) is 11.4. The molecule has 0 nitrogen and oxygen atoms in total. The van der Waals surface area contributed by atoms with Gasteiger partial charge in [0, 0.05) is 0 Å². The molecule has 0 saturated carbocycles. The third-order valence-electron chi connectivity index (χ3n) is 8.78. The predicted octanol–water partition coefficient (Wildman–Crippen LogP) is 11.1. The monoisotopic (exact) mass is 700 g/mol. The molecular formula is C34H34Cl4SiZr. The van der Waals surface area contributed by atoms with Crippen LogP contribution in [0.2, 0.25) is 19.3 Å². The average molecular weight is 704 g/mol. The van der Waals surface area contributed by atoms with Crippen molar-refractivity contribution in [3.05, 3.63) is 128 Å². The van der Waals surface area contributed by atoms with E-state index in [-0.39, 0.29) is 24.8 Å². The fourth-order valence-electron chi connectivity index (χ4n) is 7.62. The van der Waals surface area contributed by atoms with Gasteiger partial charge in [0.05, 0.1) is 0 Å². The quantitative estimate of drug-likeness (QED) is 0.186. The summed E-state index contributed by atoms with van der Waals surface area (Å²) in [7, 11) is 0. The SMILES string of the molecule is CC1=Cc2c(-c3ccccc3Cl)cccc2[CH]1[Zr]([CH3])([CH3])(=[SiH2])[CH]1C(C)=Cc2c(-c3ccccc3Cl)cccc21.Cl.Cl. The van der Waals surface area contributed by atoms with Crippen molar-refractivity contribution in [2.24, 2.45) is 0 Å². The molecule has 206 valence electrons. The fourth-order valence-corrected chi connectivity index (χ4v) is 29.3. The van der Waals surface area contributed by atoms with Gasteiger partial charge in [-0.2, -0.15) is 0 Å². The summed E-state index contributed by atoms with van der Waals surface area (Å²) in [5, 5.41) is 1.61. The van der Waals surface area contributed by atoms with Gasteiger partial charge in [-0.15, -0.1) is 24.8 Å². The number of allylic oxidation sites excluding steroid dienone is 2. The maximum atomic E-state index is 6.68. The Balaban J connectivity index is 0.00000185.